The van der Waals surface area contributed by atoms with Gasteiger partial charge in [-0.3, -0.25) is 19.2 Å². The summed E-state index contributed by atoms with van der Waals surface area (Å²) in [4.78, 5) is 53.6. The molecule has 0 unspecified atom stereocenters. The van der Waals surface area contributed by atoms with Crippen LogP contribution in [0.3, 0.4) is 0 Å². The van der Waals surface area contributed by atoms with Crippen molar-refractivity contribution in [3.05, 3.63) is 22.4 Å². The van der Waals surface area contributed by atoms with E-state index in [4.69, 9.17) is 4.74 Å². The van der Waals surface area contributed by atoms with Crippen LogP contribution in [0.25, 0.3) is 0 Å². The van der Waals surface area contributed by atoms with E-state index >= 15 is 0 Å². The molecular formula is C18H24N4O5S. The van der Waals surface area contributed by atoms with Crippen molar-refractivity contribution in [1.29, 1.82) is 0 Å². The van der Waals surface area contributed by atoms with Crippen LogP contribution in [0.2, 0.25) is 0 Å². The number of amides is 4. The molecule has 10 heteroatoms. The Bertz CT molecular complexity index is 738. The number of rotatable bonds is 5. The summed E-state index contributed by atoms with van der Waals surface area (Å²) in [6.07, 6.45) is 1.32. The lowest BCUT2D eigenvalue weighted by Gasteiger charge is -2.40. The fourth-order valence-electron chi connectivity index (χ4n) is 3.43. The second-order valence-corrected chi connectivity index (χ2v) is 7.71. The maximum atomic E-state index is 12.9. The van der Waals surface area contributed by atoms with Crippen LogP contribution in [0.5, 0.6) is 0 Å². The molecule has 28 heavy (non-hydrogen) atoms. The molecular weight excluding hydrogens is 384 g/mol. The Balaban J connectivity index is 1.74. The van der Waals surface area contributed by atoms with Crippen molar-refractivity contribution in [1.82, 2.24) is 20.4 Å². The Labute approximate surface area is 167 Å². The number of nitrogens with one attached hydrogen (secondary N) is 2. The Hall–Kier alpha value is -2.46. The summed E-state index contributed by atoms with van der Waals surface area (Å²) in [6.45, 7) is 1.09. The summed E-state index contributed by atoms with van der Waals surface area (Å²) < 4.78 is 4.92. The average Bonchev–Trinajstić information content (AvgIpc) is 3.23. The van der Waals surface area contributed by atoms with Crippen molar-refractivity contribution in [2.24, 2.45) is 0 Å². The zero-order valence-corrected chi connectivity index (χ0v) is 16.5. The lowest BCUT2D eigenvalue weighted by molar-refractivity contribution is -0.146. The number of ether oxygens (including phenoxy) is 1. The van der Waals surface area contributed by atoms with Gasteiger partial charge in [-0.05, 0) is 24.3 Å². The molecule has 0 saturated carbocycles. The number of nitrogens with zero attached hydrogens (tertiary/aromatic N) is 2. The average molecular weight is 408 g/mol. The summed E-state index contributed by atoms with van der Waals surface area (Å²) in [5.41, 5.74) is 0. The van der Waals surface area contributed by atoms with Crippen molar-refractivity contribution in [2.45, 2.75) is 24.9 Å². The van der Waals surface area contributed by atoms with Gasteiger partial charge in [0.2, 0.25) is 17.7 Å². The van der Waals surface area contributed by atoms with Crippen LogP contribution >= 0.6 is 11.3 Å². The summed E-state index contributed by atoms with van der Waals surface area (Å²) in [5, 5.41) is 7.28. The summed E-state index contributed by atoms with van der Waals surface area (Å²) in [5.74, 6) is -1.15. The Morgan fingerprint density at radius 1 is 1.36 bits per heavy atom. The van der Waals surface area contributed by atoms with Crippen LogP contribution in [0.15, 0.2) is 17.5 Å². The quantitative estimate of drug-likeness (QED) is 0.679. The van der Waals surface area contributed by atoms with Crippen molar-refractivity contribution < 1.29 is 23.9 Å². The molecule has 4 amide bonds. The first-order valence-electron chi connectivity index (χ1n) is 9.20. The molecule has 2 aliphatic heterocycles. The maximum absolute atomic E-state index is 12.9. The Morgan fingerprint density at radius 3 is 2.86 bits per heavy atom. The maximum Gasteiger partial charge on any atom is 0.264 e. The molecule has 152 valence electrons. The molecule has 3 rings (SSSR count). The molecule has 2 saturated heterocycles. The third kappa shape index (κ3) is 4.50. The first-order chi connectivity index (χ1) is 13.5. The van der Waals surface area contributed by atoms with Gasteiger partial charge < -0.3 is 25.2 Å². The van der Waals surface area contributed by atoms with Crippen LogP contribution < -0.4 is 10.6 Å². The van der Waals surface area contributed by atoms with E-state index in [2.05, 4.69) is 10.6 Å². The van der Waals surface area contributed by atoms with Crippen molar-refractivity contribution in [3.8, 4) is 0 Å². The predicted molar refractivity (Wildman–Crippen MR) is 102 cm³/mol. The third-order valence-corrected chi connectivity index (χ3v) is 5.75. The van der Waals surface area contributed by atoms with Gasteiger partial charge in [-0.2, -0.15) is 0 Å². The van der Waals surface area contributed by atoms with E-state index in [0.717, 1.165) is 6.42 Å². The predicted octanol–water partition coefficient (Wildman–Crippen LogP) is -0.558. The van der Waals surface area contributed by atoms with E-state index in [0.29, 0.717) is 24.4 Å². The molecule has 2 atom stereocenters. The second kappa shape index (κ2) is 9.16. The minimum Gasteiger partial charge on any atom is -0.375 e. The van der Waals surface area contributed by atoms with Gasteiger partial charge in [0.05, 0.1) is 11.4 Å². The number of piperidine rings is 1. The molecule has 0 bridgehead atoms. The highest BCUT2D eigenvalue weighted by atomic mass is 32.1. The largest absolute Gasteiger partial charge is 0.375 e. The summed E-state index contributed by atoms with van der Waals surface area (Å²) >= 11 is 1.33. The molecule has 1 aromatic rings. The van der Waals surface area contributed by atoms with Gasteiger partial charge in [0, 0.05) is 26.7 Å². The number of methoxy groups -OCH3 is 1. The zero-order valence-electron chi connectivity index (χ0n) is 15.7. The number of carbonyl (C=O) groups is 4. The first-order valence-corrected chi connectivity index (χ1v) is 10.1. The fourth-order valence-corrected chi connectivity index (χ4v) is 4.12. The first kappa shape index (κ1) is 20.3. The Morgan fingerprint density at radius 2 is 2.18 bits per heavy atom. The van der Waals surface area contributed by atoms with Gasteiger partial charge in [-0.15, -0.1) is 11.3 Å². The topological polar surface area (TPSA) is 108 Å². The van der Waals surface area contributed by atoms with Gasteiger partial charge in [0.1, 0.15) is 18.7 Å². The number of thiophene rings is 1. The molecule has 2 aliphatic rings. The molecule has 0 aliphatic carbocycles. The van der Waals surface area contributed by atoms with Crippen LogP contribution in [0.1, 0.15) is 22.5 Å². The molecule has 2 fully saturated rings. The monoisotopic (exact) mass is 408 g/mol. The van der Waals surface area contributed by atoms with Crippen molar-refractivity contribution in [2.75, 3.05) is 39.9 Å². The van der Waals surface area contributed by atoms with Crippen molar-refractivity contribution >= 4 is 35.0 Å². The van der Waals surface area contributed by atoms with E-state index in [9.17, 15) is 19.2 Å². The number of piperazine rings is 1. The van der Waals surface area contributed by atoms with Crippen LogP contribution in [0.4, 0.5) is 0 Å². The molecule has 9 nitrogen and oxygen atoms in total. The number of hydrogen-bond acceptors (Lipinski definition) is 6. The van der Waals surface area contributed by atoms with Gasteiger partial charge in [-0.25, -0.2) is 0 Å². The van der Waals surface area contributed by atoms with Gasteiger partial charge in [-0.1, -0.05) is 6.07 Å². The van der Waals surface area contributed by atoms with Crippen LogP contribution in [0, 0.1) is 0 Å². The van der Waals surface area contributed by atoms with Gasteiger partial charge in [0.25, 0.3) is 5.91 Å². The minimum absolute atomic E-state index is 0.0758. The fraction of sp³-hybridized carbons (Fsp3) is 0.556. The zero-order chi connectivity index (χ0) is 20.1. The lowest BCUT2D eigenvalue weighted by Crippen LogP contribution is -2.64. The van der Waals surface area contributed by atoms with E-state index in [-0.39, 0.29) is 37.4 Å². The standard InChI is InChI=1S/C18H24N4O5S/c1-27-11-15(23)22-8-7-21(18(26)14-5-3-9-28-14)10-13(22)17(25)20-12-4-2-6-19-16(12)24/h3,5,9,12-13H,2,4,6-8,10-11H2,1H3,(H,19,24)(H,20,25)/t12-,13+/m1/s1. The molecule has 2 N–H and O–H groups in total. The van der Waals surface area contributed by atoms with Gasteiger partial charge >= 0.3 is 0 Å². The number of carbonyl (C=O) groups excluding carboxylic acids is 4. The highest BCUT2D eigenvalue weighted by molar-refractivity contribution is 7.12. The smallest absolute Gasteiger partial charge is 0.264 e. The third-order valence-electron chi connectivity index (χ3n) is 4.89. The second-order valence-electron chi connectivity index (χ2n) is 6.76. The molecule has 0 aromatic carbocycles. The van der Waals surface area contributed by atoms with E-state index in [1.165, 1.54) is 23.3 Å². The molecule has 3 heterocycles. The van der Waals surface area contributed by atoms with Gasteiger partial charge in [0.15, 0.2) is 0 Å². The van der Waals surface area contributed by atoms with Crippen LogP contribution in [-0.4, -0.2) is 85.4 Å². The van der Waals surface area contributed by atoms with Crippen LogP contribution in [-0.2, 0) is 19.1 Å². The lowest BCUT2D eigenvalue weighted by atomic mass is 10.0. The molecule has 0 radical (unpaired) electrons. The summed E-state index contributed by atoms with van der Waals surface area (Å²) in [7, 11) is 1.41. The van der Waals surface area contributed by atoms with E-state index < -0.39 is 18.0 Å². The highest BCUT2D eigenvalue weighted by Crippen LogP contribution is 2.18. The SMILES string of the molecule is COCC(=O)N1CCN(C(=O)c2cccs2)C[C@H]1C(=O)N[C@@H]1CCCNC1=O. The normalized spacial score (nSPS) is 22.5. The molecule has 1 aromatic heterocycles. The summed E-state index contributed by atoms with van der Waals surface area (Å²) in [6, 6.07) is 2.04. The van der Waals surface area contributed by atoms with E-state index in [1.54, 1.807) is 17.0 Å². The highest BCUT2D eigenvalue weighted by Gasteiger charge is 2.38. The Kier molecular flexibility index (Phi) is 6.63. The van der Waals surface area contributed by atoms with E-state index in [1.807, 2.05) is 5.38 Å². The number of hydrogen-bond donors (Lipinski definition) is 2. The van der Waals surface area contributed by atoms with Crippen molar-refractivity contribution in [3.63, 3.8) is 0 Å². The molecule has 0 spiro atoms. The minimum atomic E-state index is -0.866.